The van der Waals surface area contributed by atoms with Crippen molar-refractivity contribution in [2.45, 2.75) is 42.8 Å². The van der Waals surface area contributed by atoms with E-state index in [4.69, 9.17) is 0 Å². The van der Waals surface area contributed by atoms with Gasteiger partial charge in [-0.15, -0.1) is 0 Å². The summed E-state index contributed by atoms with van der Waals surface area (Å²) in [7, 11) is -3.88. The van der Waals surface area contributed by atoms with Crippen LogP contribution in [0.5, 0.6) is 0 Å². The quantitative estimate of drug-likeness (QED) is 0.931. The lowest BCUT2D eigenvalue weighted by atomic mass is 10.2. The van der Waals surface area contributed by atoms with Crippen LogP contribution >= 0.6 is 0 Å². The summed E-state index contributed by atoms with van der Waals surface area (Å²) in [5, 5.41) is 0. The van der Waals surface area contributed by atoms with Crippen LogP contribution in [0.3, 0.4) is 0 Å². The highest BCUT2D eigenvalue weighted by Gasteiger charge is 2.32. The Labute approximate surface area is 109 Å². The summed E-state index contributed by atoms with van der Waals surface area (Å²) in [6, 6.07) is 3.63. The second-order valence-electron chi connectivity index (χ2n) is 4.63. The van der Waals surface area contributed by atoms with Crippen LogP contribution in [0.25, 0.3) is 0 Å². The number of nitrogens with one attached hydrogen (secondary N) is 1. The first-order valence-corrected chi connectivity index (χ1v) is 7.47. The number of benzene rings is 1. The molecule has 0 aromatic heterocycles. The lowest BCUT2D eigenvalue weighted by molar-refractivity contribution is -0.137. The first-order valence-electron chi connectivity index (χ1n) is 5.99. The molecule has 1 aliphatic carbocycles. The Hall–Kier alpha value is -1.08. The molecule has 1 aliphatic rings. The van der Waals surface area contributed by atoms with E-state index in [-0.39, 0.29) is 10.9 Å². The number of rotatable bonds is 3. The van der Waals surface area contributed by atoms with Gasteiger partial charge in [-0.3, -0.25) is 0 Å². The molecular weight excluding hydrogens is 279 g/mol. The molecule has 3 nitrogen and oxygen atoms in total. The molecule has 7 heteroatoms. The molecule has 0 bridgehead atoms. The molecule has 1 aromatic carbocycles. The molecule has 0 heterocycles. The van der Waals surface area contributed by atoms with Crippen molar-refractivity contribution in [3.63, 3.8) is 0 Å². The minimum Gasteiger partial charge on any atom is -0.208 e. The molecule has 1 N–H and O–H groups in total. The van der Waals surface area contributed by atoms with E-state index in [0.717, 1.165) is 37.8 Å². The fourth-order valence-electron chi connectivity index (χ4n) is 2.17. The van der Waals surface area contributed by atoms with Crippen molar-refractivity contribution in [1.29, 1.82) is 0 Å². The van der Waals surface area contributed by atoms with Gasteiger partial charge in [-0.05, 0) is 31.0 Å². The lowest BCUT2D eigenvalue weighted by Gasteiger charge is -2.14. The van der Waals surface area contributed by atoms with Crippen molar-refractivity contribution in [2.75, 3.05) is 0 Å². The van der Waals surface area contributed by atoms with Crippen LogP contribution in [-0.2, 0) is 16.2 Å². The average molecular weight is 293 g/mol. The highest BCUT2D eigenvalue weighted by molar-refractivity contribution is 7.89. The SMILES string of the molecule is O=S(=O)(NC1CCCC1)c1cccc(C(F)(F)F)c1. The van der Waals surface area contributed by atoms with Crippen molar-refractivity contribution in [1.82, 2.24) is 4.72 Å². The van der Waals surface area contributed by atoms with Crippen LogP contribution in [-0.4, -0.2) is 14.5 Å². The van der Waals surface area contributed by atoms with Gasteiger partial charge in [-0.2, -0.15) is 13.2 Å². The minimum atomic E-state index is -4.54. The largest absolute Gasteiger partial charge is 0.416 e. The van der Waals surface area contributed by atoms with Crippen LogP contribution in [0.4, 0.5) is 13.2 Å². The minimum absolute atomic E-state index is 0.167. The van der Waals surface area contributed by atoms with Crippen molar-refractivity contribution in [3.8, 4) is 0 Å². The first-order chi connectivity index (χ1) is 8.79. The molecule has 0 spiro atoms. The Balaban J connectivity index is 2.25. The smallest absolute Gasteiger partial charge is 0.208 e. The van der Waals surface area contributed by atoms with Gasteiger partial charge in [0.05, 0.1) is 10.5 Å². The van der Waals surface area contributed by atoms with E-state index in [1.54, 1.807) is 0 Å². The van der Waals surface area contributed by atoms with Gasteiger partial charge in [-0.1, -0.05) is 18.9 Å². The summed E-state index contributed by atoms with van der Waals surface area (Å²) in [4.78, 5) is -0.339. The fourth-order valence-corrected chi connectivity index (χ4v) is 3.52. The molecule has 0 unspecified atom stereocenters. The van der Waals surface area contributed by atoms with Gasteiger partial charge >= 0.3 is 6.18 Å². The van der Waals surface area contributed by atoms with E-state index in [1.165, 1.54) is 6.07 Å². The summed E-state index contributed by atoms with van der Waals surface area (Å²) in [6.07, 6.45) is -1.19. The maximum Gasteiger partial charge on any atom is 0.416 e. The van der Waals surface area contributed by atoms with Crippen LogP contribution in [0, 0.1) is 0 Å². The highest BCUT2D eigenvalue weighted by Crippen LogP contribution is 2.30. The topological polar surface area (TPSA) is 46.2 Å². The van der Waals surface area contributed by atoms with Crippen molar-refractivity contribution in [3.05, 3.63) is 29.8 Å². The highest BCUT2D eigenvalue weighted by atomic mass is 32.2. The third-order valence-corrected chi connectivity index (χ3v) is 4.67. The van der Waals surface area contributed by atoms with E-state index in [1.807, 2.05) is 0 Å². The monoisotopic (exact) mass is 293 g/mol. The summed E-state index contributed by atoms with van der Waals surface area (Å²) in [6.45, 7) is 0. The molecule has 0 radical (unpaired) electrons. The number of hydrogen-bond donors (Lipinski definition) is 1. The third kappa shape index (κ3) is 3.48. The number of halogens is 3. The number of alkyl halides is 3. The van der Waals surface area contributed by atoms with Gasteiger partial charge in [0.15, 0.2) is 0 Å². The Kier molecular flexibility index (Phi) is 3.87. The summed E-state index contributed by atoms with van der Waals surface area (Å²) in [5.74, 6) is 0. The fraction of sp³-hybridized carbons (Fsp3) is 0.500. The summed E-state index contributed by atoms with van der Waals surface area (Å²) >= 11 is 0. The van der Waals surface area contributed by atoms with E-state index >= 15 is 0 Å². The zero-order chi connectivity index (χ0) is 14.1. The second kappa shape index (κ2) is 5.13. The molecular formula is C12H14F3NO2S. The van der Waals surface area contributed by atoms with Crippen molar-refractivity contribution in [2.24, 2.45) is 0 Å². The van der Waals surface area contributed by atoms with Crippen molar-refractivity contribution < 1.29 is 21.6 Å². The molecule has 1 aromatic rings. The Morgan fingerprint density at radius 3 is 2.37 bits per heavy atom. The predicted octanol–water partition coefficient (Wildman–Crippen LogP) is 2.93. The molecule has 19 heavy (non-hydrogen) atoms. The normalized spacial score (nSPS) is 17.8. The zero-order valence-corrected chi connectivity index (χ0v) is 10.9. The Morgan fingerprint density at radius 1 is 1.16 bits per heavy atom. The maximum absolute atomic E-state index is 12.5. The zero-order valence-electron chi connectivity index (χ0n) is 10.1. The van der Waals surface area contributed by atoms with Gasteiger partial charge in [0.25, 0.3) is 0 Å². The van der Waals surface area contributed by atoms with Crippen molar-refractivity contribution >= 4 is 10.0 Å². The molecule has 0 amide bonds. The lowest BCUT2D eigenvalue weighted by Crippen LogP contribution is -2.32. The maximum atomic E-state index is 12.5. The molecule has 2 rings (SSSR count). The van der Waals surface area contributed by atoms with E-state index < -0.39 is 21.8 Å². The van der Waals surface area contributed by atoms with E-state index in [9.17, 15) is 21.6 Å². The van der Waals surface area contributed by atoms with Gasteiger partial charge in [0, 0.05) is 6.04 Å². The first kappa shape index (κ1) is 14.3. The van der Waals surface area contributed by atoms with Crippen LogP contribution in [0.1, 0.15) is 31.2 Å². The molecule has 0 aliphatic heterocycles. The third-order valence-electron chi connectivity index (χ3n) is 3.15. The van der Waals surface area contributed by atoms with E-state index in [2.05, 4.69) is 4.72 Å². The second-order valence-corrected chi connectivity index (χ2v) is 6.34. The summed E-state index contributed by atoms with van der Waals surface area (Å²) < 4.78 is 64.1. The van der Waals surface area contributed by atoms with Gasteiger partial charge in [-0.25, -0.2) is 13.1 Å². The number of sulfonamides is 1. The van der Waals surface area contributed by atoms with Gasteiger partial charge in [0.2, 0.25) is 10.0 Å². The average Bonchev–Trinajstić information content (AvgIpc) is 2.80. The number of hydrogen-bond acceptors (Lipinski definition) is 2. The summed E-state index contributed by atoms with van der Waals surface area (Å²) in [5.41, 5.74) is -0.957. The van der Waals surface area contributed by atoms with Gasteiger partial charge < -0.3 is 0 Å². The Morgan fingerprint density at radius 2 is 1.79 bits per heavy atom. The Bertz CT molecular complexity index is 548. The predicted molar refractivity (Wildman–Crippen MR) is 64.0 cm³/mol. The molecule has 106 valence electrons. The van der Waals surface area contributed by atoms with Crippen LogP contribution < -0.4 is 4.72 Å². The van der Waals surface area contributed by atoms with Gasteiger partial charge in [0.1, 0.15) is 0 Å². The molecule has 0 atom stereocenters. The van der Waals surface area contributed by atoms with Crippen LogP contribution in [0.2, 0.25) is 0 Å². The molecule has 1 saturated carbocycles. The van der Waals surface area contributed by atoms with E-state index in [0.29, 0.717) is 6.07 Å². The molecule has 0 saturated heterocycles. The standard InChI is InChI=1S/C12H14F3NO2S/c13-12(14,15)9-4-3-7-11(8-9)19(17,18)16-10-5-1-2-6-10/h3-4,7-8,10,16H,1-2,5-6H2. The van der Waals surface area contributed by atoms with Crippen LogP contribution in [0.15, 0.2) is 29.2 Å². The molecule has 1 fully saturated rings.